The molecule has 0 aliphatic heterocycles. The van der Waals surface area contributed by atoms with Gasteiger partial charge in [-0.15, -0.1) is 0 Å². The van der Waals surface area contributed by atoms with Crippen molar-refractivity contribution >= 4 is 0 Å². The van der Waals surface area contributed by atoms with Crippen LogP contribution >= 0.6 is 0 Å². The summed E-state index contributed by atoms with van der Waals surface area (Å²) in [6, 6.07) is 1.63. The summed E-state index contributed by atoms with van der Waals surface area (Å²) in [6.45, 7) is 1.95. The molecule has 0 aliphatic rings. The molecule has 0 radical (unpaired) electrons. The molecule has 1 rings (SSSR count). The zero-order valence-electron chi connectivity index (χ0n) is 6.63. The molecule has 60 valence electrons. The largest absolute Gasteiger partial charge is 0.313 e. The van der Waals surface area contributed by atoms with Crippen LogP contribution in [0.4, 0.5) is 4.39 Å². The van der Waals surface area contributed by atoms with E-state index in [0.29, 0.717) is 0 Å². The lowest BCUT2D eigenvalue weighted by Gasteiger charge is -2.08. The third-order valence-electron chi connectivity index (χ3n) is 1.66. The number of nitrogens with one attached hydrogen (secondary N) is 1. The molecule has 0 fully saturated rings. The molecular weight excluding hydrogens is 143 g/mol. The molecule has 0 amide bonds. The molecule has 1 atom stereocenters. The van der Waals surface area contributed by atoms with Gasteiger partial charge < -0.3 is 5.32 Å². The number of halogens is 1. The standard InChI is InChI=1S/C8H11FN2/c1-6(10-2)7-3-8(9)5-11-4-7/h3-6,10H,1-2H3/t6-/m1/s1. The number of aromatic nitrogens is 1. The molecule has 0 bridgehead atoms. The fraction of sp³-hybridized carbons (Fsp3) is 0.375. The first-order chi connectivity index (χ1) is 5.24. The fourth-order valence-electron chi connectivity index (χ4n) is 0.832. The number of nitrogens with zero attached hydrogens (tertiary/aromatic N) is 1. The van der Waals surface area contributed by atoms with Gasteiger partial charge in [0.25, 0.3) is 0 Å². The van der Waals surface area contributed by atoms with Crippen LogP contribution in [-0.4, -0.2) is 12.0 Å². The maximum absolute atomic E-state index is 12.6. The monoisotopic (exact) mass is 154 g/mol. The van der Waals surface area contributed by atoms with E-state index in [4.69, 9.17) is 0 Å². The maximum atomic E-state index is 12.6. The van der Waals surface area contributed by atoms with Gasteiger partial charge in [0.1, 0.15) is 5.82 Å². The van der Waals surface area contributed by atoms with Gasteiger partial charge in [-0.05, 0) is 25.6 Å². The van der Waals surface area contributed by atoms with Crippen LogP contribution in [0.1, 0.15) is 18.5 Å². The zero-order chi connectivity index (χ0) is 8.27. The number of pyridine rings is 1. The van der Waals surface area contributed by atoms with Crippen LogP contribution in [0.5, 0.6) is 0 Å². The van der Waals surface area contributed by atoms with Gasteiger partial charge >= 0.3 is 0 Å². The molecule has 3 heteroatoms. The Hall–Kier alpha value is -0.960. The fourth-order valence-corrected chi connectivity index (χ4v) is 0.832. The molecule has 1 heterocycles. The normalized spacial score (nSPS) is 13.0. The van der Waals surface area contributed by atoms with Crippen molar-refractivity contribution in [2.45, 2.75) is 13.0 Å². The summed E-state index contributed by atoms with van der Waals surface area (Å²) < 4.78 is 12.6. The van der Waals surface area contributed by atoms with E-state index in [2.05, 4.69) is 10.3 Å². The number of hydrogen-bond donors (Lipinski definition) is 1. The molecular formula is C8H11FN2. The van der Waals surface area contributed by atoms with E-state index >= 15 is 0 Å². The molecule has 11 heavy (non-hydrogen) atoms. The highest BCUT2D eigenvalue weighted by molar-refractivity contribution is 5.13. The van der Waals surface area contributed by atoms with Crippen LogP contribution in [0, 0.1) is 5.82 Å². The van der Waals surface area contributed by atoms with Crippen LogP contribution in [-0.2, 0) is 0 Å². The van der Waals surface area contributed by atoms with Gasteiger partial charge in [0.05, 0.1) is 6.20 Å². The second-order valence-corrected chi connectivity index (χ2v) is 2.45. The third kappa shape index (κ3) is 1.98. The predicted octanol–water partition coefficient (Wildman–Crippen LogP) is 1.50. The van der Waals surface area contributed by atoms with E-state index in [-0.39, 0.29) is 11.9 Å². The highest BCUT2D eigenvalue weighted by Crippen LogP contribution is 2.10. The van der Waals surface area contributed by atoms with E-state index in [1.165, 1.54) is 12.3 Å². The Labute approximate surface area is 65.5 Å². The van der Waals surface area contributed by atoms with Crippen molar-refractivity contribution in [1.29, 1.82) is 0 Å². The van der Waals surface area contributed by atoms with Gasteiger partial charge in [0.15, 0.2) is 0 Å². The third-order valence-corrected chi connectivity index (χ3v) is 1.66. The van der Waals surface area contributed by atoms with Gasteiger partial charge in [-0.2, -0.15) is 0 Å². The summed E-state index contributed by atoms with van der Waals surface area (Å²) in [6.07, 6.45) is 2.86. The van der Waals surface area contributed by atoms with Crippen molar-refractivity contribution in [1.82, 2.24) is 10.3 Å². The molecule has 0 saturated heterocycles. The minimum atomic E-state index is -0.287. The predicted molar refractivity (Wildman–Crippen MR) is 41.7 cm³/mol. The summed E-state index contributed by atoms with van der Waals surface area (Å²) in [4.78, 5) is 3.74. The molecule has 0 saturated carbocycles. The van der Waals surface area contributed by atoms with Crippen LogP contribution in [0.3, 0.4) is 0 Å². The van der Waals surface area contributed by atoms with Crippen LogP contribution < -0.4 is 5.32 Å². The van der Waals surface area contributed by atoms with Crippen molar-refractivity contribution in [3.05, 3.63) is 29.8 Å². The lowest BCUT2D eigenvalue weighted by Crippen LogP contribution is -2.12. The van der Waals surface area contributed by atoms with E-state index in [1.54, 1.807) is 6.20 Å². The Bertz CT molecular complexity index is 237. The summed E-state index contributed by atoms with van der Waals surface area (Å²) in [5.41, 5.74) is 0.868. The van der Waals surface area contributed by atoms with Crippen LogP contribution in [0.2, 0.25) is 0 Å². The van der Waals surface area contributed by atoms with Crippen LogP contribution in [0.15, 0.2) is 18.5 Å². The Balaban J connectivity index is 2.86. The first kappa shape index (κ1) is 8.14. The summed E-state index contributed by atoms with van der Waals surface area (Å²) in [7, 11) is 1.83. The number of hydrogen-bond acceptors (Lipinski definition) is 2. The van der Waals surface area contributed by atoms with Crippen LogP contribution in [0.25, 0.3) is 0 Å². The Morgan fingerprint density at radius 1 is 1.55 bits per heavy atom. The van der Waals surface area contributed by atoms with E-state index < -0.39 is 0 Å². The molecule has 0 unspecified atom stereocenters. The van der Waals surface area contributed by atoms with Gasteiger partial charge in [0, 0.05) is 12.2 Å². The Kier molecular flexibility index (Phi) is 2.54. The minimum absolute atomic E-state index is 0.151. The number of rotatable bonds is 2. The minimum Gasteiger partial charge on any atom is -0.313 e. The molecule has 0 aliphatic carbocycles. The van der Waals surface area contributed by atoms with Gasteiger partial charge in [-0.1, -0.05) is 0 Å². The van der Waals surface area contributed by atoms with Gasteiger partial charge in [0.2, 0.25) is 0 Å². The summed E-state index contributed by atoms with van der Waals surface area (Å²) >= 11 is 0. The molecule has 1 aromatic heterocycles. The molecule has 0 spiro atoms. The molecule has 0 aromatic carbocycles. The molecule has 2 nitrogen and oxygen atoms in total. The van der Waals surface area contributed by atoms with Crippen molar-refractivity contribution in [2.24, 2.45) is 0 Å². The van der Waals surface area contributed by atoms with E-state index in [9.17, 15) is 4.39 Å². The summed E-state index contributed by atoms with van der Waals surface area (Å²) in [5, 5.41) is 3.00. The van der Waals surface area contributed by atoms with Crippen molar-refractivity contribution in [2.75, 3.05) is 7.05 Å². The van der Waals surface area contributed by atoms with E-state index in [1.807, 2.05) is 14.0 Å². The highest BCUT2D eigenvalue weighted by atomic mass is 19.1. The van der Waals surface area contributed by atoms with Gasteiger partial charge in [-0.25, -0.2) is 4.39 Å². The lowest BCUT2D eigenvalue weighted by molar-refractivity contribution is 0.600. The van der Waals surface area contributed by atoms with Crippen molar-refractivity contribution in [3.63, 3.8) is 0 Å². The first-order valence-electron chi connectivity index (χ1n) is 3.51. The second-order valence-electron chi connectivity index (χ2n) is 2.45. The van der Waals surface area contributed by atoms with Gasteiger partial charge in [-0.3, -0.25) is 4.98 Å². The van der Waals surface area contributed by atoms with E-state index in [0.717, 1.165) is 5.56 Å². The Morgan fingerprint density at radius 2 is 2.27 bits per heavy atom. The average Bonchev–Trinajstić information content (AvgIpc) is 2.03. The maximum Gasteiger partial charge on any atom is 0.141 e. The summed E-state index contributed by atoms with van der Waals surface area (Å²) in [5.74, 6) is -0.287. The lowest BCUT2D eigenvalue weighted by atomic mass is 10.1. The quantitative estimate of drug-likeness (QED) is 0.698. The first-order valence-corrected chi connectivity index (χ1v) is 3.51. The SMILES string of the molecule is CN[C@H](C)c1cncc(F)c1. The highest BCUT2D eigenvalue weighted by Gasteiger charge is 2.02. The smallest absolute Gasteiger partial charge is 0.141 e. The second kappa shape index (κ2) is 3.44. The zero-order valence-corrected chi connectivity index (χ0v) is 6.63. The molecule has 1 N–H and O–H groups in total. The molecule has 1 aromatic rings. The topological polar surface area (TPSA) is 24.9 Å². The Morgan fingerprint density at radius 3 is 2.82 bits per heavy atom. The average molecular weight is 154 g/mol. The van der Waals surface area contributed by atoms with Crippen molar-refractivity contribution in [3.8, 4) is 0 Å². The van der Waals surface area contributed by atoms with Crippen molar-refractivity contribution < 1.29 is 4.39 Å².